The molecule has 0 saturated carbocycles. The van der Waals surface area contributed by atoms with E-state index in [1.54, 1.807) is 29.6 Å². The van der Waals surface area contributed by atoms with Crippen molar-refractivity contribution in [3.05, 3.63) is 59.2 Å². The van der Waals surface area contributed by atoms with Crippen LogP contribution in [-0.4, -0.2) is 30.5 Å². The van der Waals surface area contributed by atoms with Gasteiger partial charge in [-0.1, -0.05) is 12.1 Å². The lowest BCUT2D eigenvalue weighted by molar-refractivity contribution is -0.141. The molecule has 7 nitrogen and oxygen atoms in total. The van der Waals surface area contributed by atoms with Crippen molar-refractivity contribution in [3.63, 3.8) is 0 Å². The van der Waals surface area contributed by atoms with Gasteiger partial charge in [0.05, 0.1) is 17.5 Å². The summed E-state index contributed by atoms with van der Waals surface area (Å²) in [6.07, 6.45) is -2.69. The van der Waals surface area contributed by atoms with Crippen molar-refractivity contribution in [2.24, 2.45) is 0 Å². The third-order valence-electron chi connectivity index (χ3n) is 3.52. The molecule has 0 saturated heterocycles. The van der Waals surface area contributed by atoms with E-state index in [1.807, 2.05) is 0 Å². The highest BCUT2D eigenvalue weighted by Gasteiger charge is 2.32. The number of amides is 1. The Kier molecular flexibility index (Phi) is 5.57. The van der Waals surface area contributed by atoms with Gasteiger partial charge in [-0.3, -0.25) is 19.8 Å². The molecule has 0 aliphatic rings. The van der Waals surface area contributed by atoms with Crippen molar-refractivity contribution >= 4 is 38.1 Å². The molecular weight excluding hydrogens is 429 g/mol. The number of nitrogens with zero attached hydrogens (tertiary/aromatic N) is 2. The molecule has 0 radical (unpaired) electrons. The first-order valence-corrected chi connectivity index (χ1v) is 10.7. The Balaban J connectivity index is 1.69. The Bertz CT molecular complexity index is 1130. The van der Waals surface area contributed by atoms with Crippen LogP contribution in [0.3, 0.4) is 0 Å². The van der Waals surface area contributed by atoms with Crippen LogP contribution in [0.25, 0.3) is 11.3 Å². The molecule has 2 heterocycles. The molecular formula is C17H13F3N4O3S2. The monoisotopic (exact) mass is 442 g/mol. The Morgan fingerprint density at radius 2 is 1.79 bits per heavy atom. The van der Waals surface area contributed by atoms with Gasteiger partial charge in [0.1, 0.15) is 5.69 Å². The second-order valence-corrected chi connectivity index (χ2v) is 8.48. The maximum absolute atomic E-state index is 12.5. The molecule has 3 aromatic rings. The predicted octanol–water partition coefficient (Wildman–Crippen LogP) is 3.85. The fraction of sp³-hybridized carbons (Fsp3) is 0.118. The largest absolute Gasteiger partial charge is 0.433 e. The van der Waals surface area contributed by atoms with Gasteiger partial charge in [-0.2, -0.15) is 13.2 Å². The van der Waals surface area contributed by atoms with Crippen molar-refractivity contribution in [2.75, 3.05) is 16.3 Å². The van der Waals surface area contributed by atoms with Crippen molar-refractivity contribution in [3.8, 4) is 11.3 Å². The Labute approximate surface area is 167 Å². The molecule has 3 rings (SSSR count). The molecule has 29 heavy (non-hydrogen) atoms. The van der Waals surface area contributed by atoms with Crippen molar-refractivity contribution < 1.29 is 26.4 Å². The minimum atomic E-state index is -4.58. The smallest absolute Gasteiger partial charge is 0.298 e. The number of benzene rings is 1. The van der Waals surface area contributed by atoms with Crippen LogP contribution >= 0.6 is 11.3 Å². The van der Waals surface area contributed by atoms with Gasteiger partial charge in [0.15, 0.2) is 5.13 Å². The van der Waals surface area contributed by atoms with E-state index in [0.717, 1.165) is 35.9 Å². The summed E-state index contributed by atoms with van der Waals surface area (Å²) < 4.78 is 62.4. The third-order valence-corrected chi connectivity index (χ3v) is 4.89. The summed E-state index contributed by atoms with van der Waals surface area (Å²) in [6.45, 7) is 0. The molecule has 2 aromatic heterocycles. The lowest BCUT2D eigenvalue weighted by atomic mass is 10.1. The first kappa shape index (κ1) is 20.7. The molecule has 2 N–H and O–H groups in total. The highest BCUT2D eigenvalue weighted by atomic mass is 32.2. The van der Waals surface area contributed by atoms with Crippen LogP contribution < -0.4 is 10.0 Å². The van der Waals surface area contributed by atoms with E-state index in [-0.39, 0.29) is 10.7 Å². The summed E-state index contributed by atoms with van der Waals surface area (Å²) in [5, 5.41) is 4.44. The second kappa shape index (κ2) is 7.79. The molecule has 0 atom stereocenters. The van der Waals surface area contributed by atoms with Gasteiger partial charge >= 0.3 is 6.18 Å². The lowest BCUT2D eigenvalue weighted by Crippen LogP contribution is -2.14. The Morgan fingerprint density at radius 3 is 2.34 bits per heavy atom. The number of anilines is 2. The van der Waals surface area contributed by atoms with Crippen LogP contribution in [0.1, 0.15) is 16.1 Å². The summed E-state index contributed by atoms with van der Waals surface area (Å²) in [7, 11) is -3.38. The highest BCUT2D eigenvalue weighted by Crippen LogP contribution is 2.28. The Morgan fingerprint density at radius 1 is 1.10 bits per heavy atom. The number of halogens is 3. The van der Waals surface area contributed by atoms with Crippen LogP contribution in [0, 0.1) is 0 Å². The average molecular weight is 442 g/mol. The van der Waals surface area contributed by atoms with Crippen LogP contribution in [-0.2, 0) is 16.2 Å². The van der Waals surface area contributed by atoms with E-state index in [0.29, 0.717) is 16.9 Å². The van der Waals surface area contributed by atoms with Crippen LogP contribution in [0.4, 0.5) is 24.0 Å². The molecule has 0 bridgehead atoms. The van der Waals surface area contributed by atoms with Gasteiger partial charge < -0.3 is 0 Å². The van der Waals surface area contributed by atoms with Crippen LogP contribution in [0.5, 0.6) is 0 Å². The fourth-order valence-corrected chi connectivity index (χ4v) is 3.53. The number of alkyl halides is 3. The molecule has 0 aliphatic heterocycles. The zero-order valence-electron chi connectivity index (χ0n) is 14.7. The first-order valence-electron chi connectivity index (χ1n) is 7.90. The fourth-order valence-electron chi connectivity index (χ4n) is 2.25. The number of aromatic nitrogens is 2. The summed E-state index contributed by atoms with van der Waals surface area (Å²) in [5.74, 6) is -0.639. The highest BCUT2D eigenvalue weighted by molar-refractivity contribution is 7.92. The normalized spacial score (nSPS) is 11.9. The van der Waals surface area contributed by atoms with E-state index in [2.05, 4.69) is 20.0 Å². The number of hydrogen-bond donors (Lipinski definition) is 2. The quantitative estimate of drug-likeness (QED) is 0.625. The number of nitrogens with one attached hydrogen (secondary N) is 2. The van der Waals surface area contributed by atoms with E-state index in [4.69, 9.17) is 0 Å². The molecule has 0 unspecified atom stereocenters. The number of thiazole rings is 1. The van der Waals surface area contributed by atoms with E-state index < -0.39 is 27.8 Å². The standard InChI is InChI=1S/C17H13F3N4O3S2/c1-29(26,27)24-12-5-2-10(3-6-12)13-9-28-16(22-13)23-15(25)11-4-7-14(21-8-11)17(18,19)20/h2-9,24H,1H3,(H,22,23,25). The Hall–Kier alpha value is -2.99. The molecule has 152 valence electrons. The summed E-state index contributed by atoms with van der Waals surface area (Å²) >= 11 is 1.13. The maximum atomic E-state index is 12.5. The number of pyridine rings is 1. The minimum Gasteiger partial charge on any atom is -0.298 e. The maximum Gasteiger partial charge on any atom is 0.433 e. The molecule has 1 aromatic carbocycles. The first-order chi connectivity index (χ1) is 13.5. The average Bonchev–Trinajstić information content (AvgIpc) is 3.09. The number of hydrogen-bond acceptors (Lipinski definition) is 6. The molecule has 1 amide bonds. The molecule has 0 fully saturated rings. The predicted molar refractivity (Wildman–Crippen MR) is 103 cm³/mol. The zero-order valence-corrected chi connectivity index (χ0v) is 16.3. The van der Waals surface area contributed by atoms with Gasteiger partial charge in [-0.15, -0.1) is 11.3 Å². The van der Waals surface area contributed by atoms with Crippen LogP contribution in [0.2, 0.25) is 0 Å². The van der Waals surface area contributed by atoms with Crippen molar-refractivity contribution in [1.82, 2.24) is 9.97 Å². The van der Waals surface area contributed by atoms with Crippen molar-refractivity contribution in [1.29, 1.82) is 0 Å². The number of carbonyl (C=O) groups is 1. The molecule has 0 spiro atoms. The van der Waals surface area contributed by atoms with Gasteiger partial charge in [-0.25, -0.2) is 13.4 Å². The number of rotatable bonds is 5. The zero-order chi connectivity index (χ0) is 21.2. The molecule has 0 aliphatic carbocycles. The van der Waals surface area contributed by atoms with E-state index in [9.17, 15) is 26.4 Å². The van der Waals surface area contributed by atoms with Crippen LogP contribution in [0.15, 0.2) is 48.0 Å². The van der Waals surface area contributed by atoms with E-state index in [1.165, 1.54) is 0 Å². The van der Waals surface area contributed by atoms with Gasteiger partial charge in [0, 0.05) is 22.8 Å². The van der Waals surface area contributed by atoms with Gasteiger partial charge in [0.25, 0.3) is 5.91 Å². The number of sulfonamides is 1. The summed E-state index contributed by atoms with van der Waals surface area (Å²) in [5.41, 5.74) is 0.513. The SMILES string of the molecule is CS(=O)(=O)Nc1ccc(-c2csc(NC(=O)c3ccc(C(F)(F)F)nc3)n2)cc1. The minimum absolute atomic E-state index is 0.0362. The third kappa shape index (κ3) is 5.51. The topological polar surface area (TPSA) is 101 Å². The van der Waals surface area contributed by atoms with Gasteiger partial charge in [-0.05, 0) is 24.3 Å². The van der Waals surface area contributed by atoms with Gasteiger partial charge in [0.2, 0.25) is 10.0 Å². The number of carbonyl (C=O) groups excluding carboxylic acids is 1. The molecule has 12 heteroatoms. The van der Waals surface area contributed by atoms with Crippen molar-refractivity contribution in [2.45, 2.75) is 6.18 Å². The summed E-state index contributed by atoms with van der Waals surface area (Å²) in [6, 6.07) is 8.23. The summed E-state index contributed by atoms with van der Waals surface area (Å²) in [4.78, 5) is 19.7. The van der Waals surface area contributed by atoms with E-state index >= 15 is 0 Å². The lowest BCUT2D eigenvalue weighted by Gasteiger charge is -2.06. The second-order valence-electron chi connectivity index (χ2n) is 5.87.